The Kier molecular flexibility index (Phi) is 10.9. The largest absolute Gasteiger partial charge is 0.466 e. The van der Waals surface area contributed by atoms with E-state index in [1.54, 1.807) is 6.08 Å². The normalized spacial score (nSPS) is 11.7. The Hall–Kier alpha value is -1.32. The quantitative estimate of drug-likeness (QED) is 0.328. The molecule has 0 fully saturated rings. The number of unbranched alkanes of at least 4 members (excludes halogenated alkanes) is 5. The van der Waals surface area contributed by atoms with Crippen LogP contribution < -0.4 is 0 Å². The smallest absolute Gasteiger partial charge is 0.303 e. The zero-order chi connectivity index (χ0) is 14.5. The molecule has 0 amide bonds. The van der Waals surface area contributed by atoms with E-state index in [0.29, 0.717) is 6.61 Å². The summed E-state index contributed by atoms with van der Waals surface area (Å²) in [7, 11) is 0. The fourth-order valence-corrected chi connectivity index (χ4v) is 1.81. The van der Waals surface area contributed by atoms with Crippen LogP contribution in [0.5, 0.6) is 0 Å². The van der Waals surface area contributed by atoms with E-state index < -0.39 is 0 Å². The van der Waals surface area contributed by atoms with Crippen LogP contribution in [0.1, 0.15) is 58.8 Å². The van der Waals surface area contributed by atoms with Gasteiger partial charge in [-0.2, -0.15) is 0 Å². The van der Waals surface area contributed by atoms with E-state index in [0.717, 1.165) is 44.9 Å². The molecule has 0 aliphatic heterocycles. The van der Waals surface area contributed by atoms with Crippen molar-refractivity contribution in [2.24, 2.45) is 0 Å². The molecule has 19 heavy (non-hydrogen) atoms. The van der Waals surface area contributed by atoms with Gasteiger partial charge in [-0.25, -0.2) is 0 Å². The van der Waals surface area contributed by atoms with Gasteiger partial charge >= 0.3 is 11.9 Å². The summed E-state index contributed by atoms with van der Waals surface area (Å²) >= 11 is 0. The fraction of sp³-hybridized carbons (Fsp3) is 0.733. The standard InChI is InChI=1S/C15H26O4/c1-4-15(19-14(3)17)11-9-7-5-6-8-10-12-18-13(2)16/h4,15H,1,5-12H2,2-3H3. The van der Waals surface area contributed by atoms with Crippen molar-refractivity contribution in [2.45, 2.75) is 64.9 Å². The highest BCUT2D eigenvalue weighted by atomic mass is 16.5. The first-order chi connectivity index (χ1) is 9.06. The van der Waals surface area contributed by atoms with Gasteiger partial charge in [0.15, 0.2) is 0 Å². The van der Waals surface area contributed by atoms with E-state index in [4.69, 9.17) is 9.47 Å². The first-order valence-electron chi connectivity index (χ1n) is 6.99. The Balaban J connectivity index is 3.32. The van der Waals surface area contributed by atoms with E-state index in [1.807, 2.05) is 0 Å². The van der Waals surface area contributed by atoms with Crippen LogP contribution in [0.15, 0.2) is 12.7 Å². The van der Waals surface area contributed by atoms with Crippen LogP contribution in [0, 0.1) is 0 Å². The van der Waals surface area contributed by atoms with Gasteiger partial charge in [0.2, 0.25) is 0 Å². The first-order valence-corrected chi connectivity index (χ1v) is 6.99. The van der Waals surface area contributed by atoms with Crippen LogP contribution in [0.4, 0.5) is 0 Å². The van der Waals surface area contributed by atoms with Crippen molar-refractivity contribution < 1.29 is 19.1 Å². The monoisotopic (exact) mass is 270 g/mol. The summed E-state index contributed by atoms with van der Waals surface area (Å²) in [6.45, 7) is 7.03. The zero-order valence-electron chi connectivity index (χ0n) is 12.2. The first kappa shape index (κ1) is 17.7. The number of rotatable bonds is 11. The fourth-order valence-electron chi connectivity index (χ4n) is 1.81. The molecule has 0 aromatic rings. The Morgan fingerprint density at radius 3 is 2.11 bits per heavy atom. The maximum Gasteiger partial charge on any atom is 0.303 e. The zero-order valence-corrected chi connectivity index (χ0v) is 12.2. The summed E-state index contributed by atoms with van der Waals surface area (Å²) in [5, 5.41) is 0. The van der Waals surface area contributed by atoms with E-state index in [-0.39, 0.29) is 18.0 Å². The third-order valence-electron chi connectivity index (χ3n) is 2.77. The van der Waals surface area contributed by atoms with Crippen LogP contribution in [0.2, 0.25) is 0 Å². The molecule has 0 rings (SSSR count). The predicted molar refractivity (Wildman–Crippen MR) is 74.7 cm³/mol. The second-order valence-corrected chi connectivity index (χ2v) is 4.63. The van der Waals surface area contributed by atoms with E-state index in [2.05, 4.69) is 6.58 Å². The molecule has 1 unspecified atom stereocenters. The van der Waals surface area contributed by atoms with Gasteiger partial charge in [-0.1, -0.05) is 38.3 Å². The van der Waals surface area contributed by atoms with Gasteiger partial charge in [0.05, 0.1) is 6.61 Å². The van der Waals surface area contributed by atoms with E-state index >= 15 is 0 Å². The molecule has 0 aromatic heterocycles. The summed E-state index contributed by atoms with van der Waals surface area (Å²) < 4.78 is 9.93. The van der Waals surface area contributed by atoms with Crippen LogP contribution in [-0.4, -0.2) is 24.6 Å². The topological polar surface area (TPSA) is 52.6 Å². The molecule has 0 aromatic carbocycles. The summed E-state index contributed by atoms with van der Waals surface area (Å²) in [4.78, 5) is 21.3. The highest BCUT2D eigenvalue weighted by Crippen LogP contribution is 2.11. The maximum absolute atomic E-state index is 10.8. The Morgan fingerprint density at radius 2 is 1.58 bits per heavy atom. The van der Waals surface area contributed by atoms with Crippen molar-refractivity contribution >= 4 is 11.9 Å². The van der Waals surface area contributed by atoms with Gasteiger partial charge < -0.3 is 9.47 Å². The summed E-state index contributed by atoms with van der Waals surface area (Å²) in [5.41, 5.74) is 0. The maximum atomic E-state index is 10.8. The summed E-state index contributed by atoms with van der Waals surface area (Å²) in [6.07, 6.45) is 8.85. The van der Waals surface area contributed by atoms with E-state index in [9.17, 15) is 9.59 Å². The minimum Gasteiger partial charge on any atom is -0.466 e. The van der Waals surface area contributed by atoms with Gasteiger partial charge in [-0.15, -0.1) is 0 Å². The van der Waals surface area contributed by atoms with E-state index in [1.165, 1.54) is 13.8 Å². The highest BCUT2D eigenvalue weighted by molar-refractivity contribution is 5.66. The summed E-state index contributed by atoms with van der Waals surface area (Å²) in [6, 6.07) is 0. The van der Waals surface area contributed by atoms with Crippen molar-refractivity contribution in [3.05, 3.63) is 12.7 Å². The van der Waals surface area contributed by atoms with Crippen LogP contribution in [-0.2, 0) is 19.1 Å². The van der Waals surface area contributed by atoms with Crippen LogP contribution in [0.3, 0.4) is 0 Å². The molecule has 4 nitrogen and oxygen atoms in total. The molecule has 0 spiro atoms. The molecule has 0 saturated heterocycles. The lowest BCUT2D eigenvalue weighted by Crippen LogP contribution is -2.13. The number of carbonyl (C=O) groups is 2. The lowest BCUT2D eigenvalue weighted by molar-refractivity contribution is -0.144. The molecule has 0 bridgehead atoms. The Morgan fingerprint density at radius 1 is 1.00 bits per heavy atom. The molecular formula is C15H26O4. The van der Waals surface area contributed by atoms with Gasteiger partial charge in [-0.05, 0) is 19.3 Å². The molecule has 110 valence electrons. The number of hydrogen-bond acceptors (Lipinski definition) is 4. The number of carbonyl (C=O) groups excluding carboxylic acids is 2. The van der Waals surface area contributed by atoms with Gasteiger partial charge in [0.1, 0.15) is 6.10 Å². The van der Waals surface area contributed by atoms with Crippen molar-refractivity contribution in [3.63, 3.8) is 0 Å². The van der Waals surface area contributed by atoms with Gasteiger partial charge in [-0.3, -0.25) is 9.59 Å². The Labute approximate surface area is 116 Å². The number of hydrogen-bond donors (Lipinski definition) is 0. The SMILES string of the molecule is C=CC(CCCCCCCCOC(C)=O)OC(C)=O. The molecule has 0 heterocycles. The average Bonchev–Trinajstić information content (AvgIpc) is 2.34. The molecule has 0 aliphatic rings. The molecule has 0 N–H and O–H groups in total. The molecule has 4 heteroatoms. The van der Waals surface area contributed by atoms with Crippen molar-refractivity contribution in [1.29, 1.82) is 0 Å². The van der Waals surface area contributed by atoms with Crippen LogP contribution in [0.25, 0.3) is 0 Å². The molecule has 0 aliphatic carbocycles. The lowest BCUT2D eigenvalue weighted by Gasteiger charge is -2.12. The lowest BCUT2D eigenvalue weighted by atomic mass is 10.1. The molecular weight excluding hydrogens is 244 g/mol. The van der Waals surface area contributed by atoms with Crippen molar-refractivity contribution in [3.8, 4) is 0 Å². The molecule has 0 saturated carbocycles. The minimum absolute atomic E-state index is 0.151. The second kappa shape index (κ2) is 11.8. The van der Waals surface area contributed by atoms with Crippen molar-refractivity contribution in [2.75, 3.05) is 6.61 Å². The van der Waals surface area contributed by atoms with Gasteiger partial charge in [0, 0.05) is 13.8 Å². The average molecular weight is 270 g/mol. The minimum atomic E-state index is -0.254. The highest BCUT2D eigenvalue weighted by Gasteiger charge is 2.06. The molecule has 0 radical (unpaired) electrons. The Bertz CT molecular complexity index is 273. The third kappa shape index (κ3) is 12.9. The van der Waals surface area contributed by atoms with Crippen LogP contribution >= 0.6 is 0 Å². The number of ether oxygens (including phenoxy) is 2. The number of esters is 2. The third-order valence-corrected chi connectivity index (χ3v) is 2.77. The predicted octanol–water partition coefficient (Wildman–Crippen LogP) is 3.40. The van der Waals surface area contributed by atoms with Crippen molar-refractivity contribution in [1.82, 2.24) is 0 Å². The summed E-state index contributed by atoms with van der Waals surface area (Å²) in [5.74, 6) is -0.462. The molecule has 1 atom stereocenters. The van der Waals surface area contributed by atoms with Gasteiger partial charge in [0.25, 0.3) is 0 Å². The second-order valence-electron chi connectivity index (χ2n) is 4.63.